The summed E-state index contributed by atoms with van der Waals surface area (Å²) in [5, 5.41) is 2.81. The van der Waals surface area contributed by atoms with Crippen LogP contribution < -0.4 is 14.4 Å². The maximum Gasteiger partial charge on any atom is 0.232 e. The van der Waals surface area contributed by atoms with Crippen LogP contribution in [-0.2, 0) is 14.8 Å². The maximum atomic E-state index is 12.1. The van der Waals surface area contributed by atoms with Gasteiger partial charge >= 0.3 is 0 Å². The van der Waals surface area contributed by atoms with Crippen molar-refractivity contribution in [2.45, 2.75) is 26.7 Å². The SMILES string of the molecule is CCOc1ccc(NC(=O)CCCN(c2cccc(C)c2)S(C)(=O)=O)cc1. The minimum absolute atomic E-state index is 0.156. The summed E-state index contributed by atoms with van der Waals surface area (Å²) in [5.41, 5.74) is 2.28. The molecule has 0 aliphatic carbocycles. The molecular weight excluding hydrogens is 364 g/mol. The quantitative estimate of drug-likeness (QED) is 0.710. The Morgan fingerprint density at radius 3 is 2.44 bits per heavy atom. The lowest BCUT2D eigenvalue weighted by Crippen LogP contribution is -2.31. The summed E-state index contributed by atoms with van der Waals surface area (Å²) in [6, 6.07) is 14.5. The third-order valence-electron chi connectivity index (χ3n) is 3.90. The highest BCUT2D eigenvalue weighted by molar-refractivity contribution is 7.92. The highest BCUT2D eigenvalue weighted by Crippen LogP contribution is 2.20. The minimum atomic E-state index is -3.41. The van der Waals surface area contributed by atoms with Gasteiger partial charge in [-0.3, -0.25) is 9.10 Å². The van der Waals surface area contributed by atoms with Crippen LogP contribution in [0.25, 0.3) is 0 Å². The lowest BCUT2D eigenvalue weighted by atomic mass is 10.2. The Morgan fingerprint density at radius 2 is 1.85 bits per heavy atom. The molecule has 27 heavy (non-hydrogen) atoms. The first-order valence-corrected chi connectivity index (χ1v) is 10.7. The standard InChI is InChI=1S/C20H26N2O4S/c1-4-26-19-12-10-17(11-13-19)21-20(23)9-6-14-22(27(3,24)25)18-8-5-7-16(2)15-18/h5,7-8,10-13,15H,4,6,9,14H2,1-3H3,(H,21,23). The molecule has 0 heterocycles. The van der Waals surface area contributed by atoms with Crippen molar-refractivity contribution >= 4 is 27.3 Å². The second-order valence-corrected chi connectivity index (χ2v) is 8.19. The number of hydrogen-bond acceptors (Lipinski definition) is 4. The Kier molecular flexibility index (Phi) is 7.24. The smallest absolute Gasteiger partial charge is 0.232 e. The first-order valence-electron chi connectivity index (χ1n) is 8.86. The normalized spacial score (nSPS) is 11.1. The molecule has 0 saturated heterocycles. The summed E-state index contributed by atoms with van der Waals surface area (Å²) in [5.74, 6) is 0.592. The van der Waals surface area contributed by atoms with E-state index in [9.17, 15) is 13.2 Å². The number of anilines is 2. The van der Waals surface area contributed by atoms with Gasteiger partial charge in [-0.2, -0.15) is 0 Å². The second kappa shape index (κ2) is 9.41. The zero-order valence-corrected chi connectivity index (χ0v) is 16.8. The van der Waals surface area contributed by atoms with Gasteiger partial charge in [0.05, 0.1) is 18.6 Å². The first kappa shape index (κ1) is 20.8. The van der Waals surface area contributed by atoms with Crippen LogP contribution in [0.2, 0.25) is 0 Å². The molecule has 2 aromatic rings. The monoisotopic (exact) mass is 390 g/mol. The van der Waals surface area contributed by atoms with Crippen LogP contribution in [-0.4, -0.2) is 33.7 Å². The largest absolute Gasteiger partial charge is 0.494 e. The number of nitrogens with one attached hydrogen (secondary N) is 1. The topological polar surface area (TPSA) is 75.7 Å². The summed E-state index contributed by atoms with van der Waals surface area (Å²) in [6.45, 7) is 4.66. The number of carbonyl (C=O) groups excluding carboxylic acids is 1. The number of nitrogens with zero attached hydrogens (tertiary/aromatic N) is 1. The molecule has 0 radical (unpaired) electrons. The van der Waals surface area contributed by atoms with E-state index in [0.29, 0.717) is 24.4 Å². The van der Waals surface area contributed by atoms with Gasteiger partial charge < -0.3 is 10.1 Å². The molecule has 0 aliphatic rings. The molecule has 1 N–H and O–H groups in total. The van der Waals surface area contributed by atoms with E-state index >= 15 is 0 Å². The molecule has 0 aliphatic heterocycles. The van der Waals surface area contributed by atoms with Gasteiger partial charge in [0.1, 0.15) is 5.75 Å². The molecule has 7 heteroatoms. The van der Waals surface area contributed by atoms with Crippen LogP contribution in [0.3, 0.4) is 0 Å². The number of hydrogen-bond donors (Lipinski definition) is 1. The van der Waals surface area contributed by atoms with Crippen LogP contribution in [0, 0.1) is 6.92 Å². The molecule has 2 aromatic carbocycles. The van der Waals surface area contributed by atoms with Gasteiger partial charge in [-0.05, 0) is 62.2 Å². The number of ether oxygens (including phenoxy) is 1. The summed E-state index contributed by atoms with van der Waals surface area (Å²) >= 11 is 0. The summed E-state index contributed by atoms with van der Waals surface area (Å²) < 4.78 is 30.9. The Morgan fingerprint density at radius 1 is 1.15 bits per heavy atom. The lowest BCUT2D eigenvalue weighted by Gasteiger charge is -2.22. The predicted molar refractivity (Wildman–Crippen MR) is 109 cm³/mol. The van der Waals surface area contributed by atoms with Crippen molar-refractivity contribution in [3.63, 3.8) is 0 Å². The van der Waals surface area contributed by atoms with Crippen molar-refractivity contribution in [1.82, 2.24) is 0 Å². The van der Waals surface area contributed by atoms with E-state index in [0.717, 1.165) is 11.3 Å². The Labute approximate surface area is 161 Å². The van der Waals surface area contributed by atoms with Crippen LogP contribution in [0.1, 0.15) is 25.3 Å². The van der Waals surface area contributed by atoms with Gasteiger partial charge in [0, 0.05) is 18.7 Å². The number of aryl methyl sites for hydroxylation is 1. The summed E-state index contributed by atoms with van der Waals surface area (Å²) in [4.78, 5) is 12.1. The van der Waals surface area contributed by atoms with Gasteiger partial charge in [-0.15, -0.1) is 0 Å². The zero-order chi connectivity index (χ0) is 19.9. The van der Waals surface area contributed by atoms with Gasteiger partial charge in [0.25, 0.3) is 0 Å². The fourth-order valence-electron chi connectivity index (χ4n) is 2.68. The fourth-order valence-corrected chi connectivity index (χ4v) is 3.63. The van der Waals surface area contributed by atoms with E-state index in [2.05, 4.69) is 5.32 Å². The first-order chi connectivity index (χ1) is 12.8. The summed E-state index contributed by atoms with van der Waals surface area (Å²) in [7, 11) is -3.41. The van der Waals surface area contributed by atoms with Gasteiger partial charge in [-0.1, -0.05) is 12.1 Å². The molecule has 2 rings (SSSR count). The van der Waals surface area contributed by atoms with E-state index in [1.54, 1.807) is 30.3 Å². The minimum Gasteiger partial charge on any atom is -0.494 e. The third kappa shape index (κ3) is 6.60. The molecule has 0 unspecified atom stereocenters. The molecular formula is C20H26N2O4S. The van der Waals surface area contributed by atoms with Gasteiger partial charge in [-0.25, -0.2) is 8.42 Å². The van der Waals surface area contributed by atoms with Crippen LogP contribution in [0.15, 0.2) is 48.5 Å². The third-order valence-corrected chi connectivity index (χ3v) is 5.10. The number of carbonyl (C=O) groups is 1. The van der Waals surface area contributed by atoms with Crippen molar-refractivity contribution in [3.05, 3.63) is 54.1 Å². The van der Waals surface area contributed by atoms with Crippen molar-refractivity contribution < 1.29 is 17.9 Å². The highest BCUT2D eigenvalue weighted by Gasteiger charge is 2.17. The molecule has 0 bridgehead atoms. The average Bonchev–Trinajstić information content (AvgIpc) is 2.59. The fraction of sp³-hybridized carbons (Fsp3) is 0.350. The van der Waals surface area contributed by atoms with Crippen molar-refractivity contribution in [2.75, 3.05) is 29.0 Å². The molecule has 6 nitrogen and oxygen atoms in total. The molecule has 0 spiro atoms. The molecule has 0 atom stereocenters. The van der Waals surface area contributed by atoms with E-state index in [4.69, 9.17) is 4.74 Å². The van der Waals surface area contributed by atoms with Crippen LogP contribution >= 0.6 is 0 Å². The van der Waals surface area contributed by atoms with E-state index in [1.807, 2.05) is 32.0 Å². The molecule has 0 aromatic heterocycles. The van der Waals surface area contributed by atoms with E-state index in [1.165, 1.54) is 10.6 Å². The van der Waals surface area contributed by atoms with Gasteiger partial charge in [0.2, 0.25) is 15.9 Å². The molecule has 1 amide bonds. The molecule has 0 fully saturated rings. The maximum absolute atomic E-state index is 12.1. The number of rotatable bonds is 9. The molecule has 146 valence electrons. The van der Waals surface area contributed by atoms with Crippen LogP contribution in [0.5, 0.6) is 5.75 Å². The Balaban J connectivity index is 1.91. The average molecular weight is 391 g/mol. The number of benzene rings is 2. The second-order valence-electron chi connectivity index (χ2n) is 6.28. The zero-order valence-electron chi connectivity index (χ0n) is 15.9. The lowest BCUT2D eigenvalue weighted by molar-refractivity contribution is -0.116. The Bertz CT molecular complexity index is 864. The summed E-state index contributed by atoms with van der Waals surface area (Å²) in [6.07, 6.45) is 1.82. The van der Waals surface area contributed by atoms with Crippen LogP contribution in [0.4, 0.5) is 11.4 Å². The van der Waals surface area contributed by atoms with E-state index in [-0.39, 0.29) is 18.9 Å². The van der Waals surface area contributed by atoms with Crippen molar-refractivity contribution in [1.29, 1.82) is 0 Å². The van der Waals surface area contributed by atoms with Gasteiger partial charge in [0.15, 0.2) is 0 Å². The number of amides is 1. The predicted octanol–water partition coefficient (Wildman–Crippen LogP) is 3.58. The molecule has 0 saturated carbocycles. The van der Waals surface area contributed by atoms with Crippen molar-refractivity contribution in [2.24, 2.45) is 0 Å². The number of sulfonamides is 1. The van der Waals surface area contributed by atoms with Crippen molar-refractivity contribution in [3.8, 4) is 5.75 Å². The van der Waals surface area contributed by atoms with E-state index < -0.39 is 10.0 Å². The highest BCUT2D eigenvalue weighted by atomic mass is 32.2. The Hall–Kier alpha value is -2.54.